The molecule has 0 aliphatic carbocycles. The van der Waals surface area contributed by atoms with Crippen LogP contribution in [-0.4, -0.2) is 36.5 Å². The van der Waals surface area contributed by atoms with Crippen molar-refractivity contribution >= 4 is 6.09 Å². The topological polar surface area (TPSA) is 84.6 Å². The number of carbonyl (C=O) groups is 1. The number of aliphatic hydroxyl groups is 1. The number of carbonyl (C=O) groups excluding carboxylic acids is 1. The summed E-state index contributed by atoms with van der Waals surface area (Å²) in [5.74, 6) is 0. The summed E-state index contributed by atoms with van der Waals surface area (Å²) < 4.78 is 4.65. The fraction of sp³-hybridized carbons (Fsp3) is 0.833. The van der Waals surface area contributed by atoms with Crippen LogP contribution in [0.15, 0.2) is 0 Å². The third-order valence-corrected chi connectivity index (χ3v) is 1.66. The zero-order valence-electron chi connectivity index (χ0n) is 6.12. The molecule has 1 fully saturated rings. The Morgan fingerprint density at radius 2 is 2.45 bits per heavy atom. The first-order valence-corrected chi connectivity index (χ1v) is 3.55. The molecule has 0 spiro atoms. The molecular weight excluding hydrogens is 148 g/mol. The average Bonchev–Trinajstić information content (AvgIpc) is 1.93. The summed E-state index contributed by atoms with van der Waals surface area (Å²) in [7, 11) is 0. The van der Waals surface area contributed by atoms with Gasteiger partial charge in [-0.05, 0) is 13.0 Å². The van der Waals surface area contributed by atoms with Crippen molar-refractivity contribution in [1.29, 1.82) is 0 Å². The first-order chi connectivity index (χ1) is 5.20. The van der Waals surface area contributed by atoms with Crippen LogP contribution >= 0.6 is 0 Å². The molecule has 0 aromatic rings. The van der Waals surface area contributed by atoms with Crippen LogP contribution in [0.25, 0.3) is 0 Å². The SMILES string of the molecule is NC(=O)O[C@@H]1CCNC[C@H]1O. The van der Waals surface area contributed by atoms with Crippen molar-refractivity contribution in [1.82, 2.24) is 5.32 Å². The fourth-order valence-corrected chi connectivity index (χ4v) is 1.10. The highest BCUT2D eigenvalue weighted by Crippen LogP contribution is 2.07. The number of ether oxygens (including phenoxy) is 1. The summed E-state index contributed by atoms with van der Waals surface area (Å²) in [5, 5.41) is 12.2. The van der Waals surface area contributed by atoms with Gasteiger partial charge in [0.15, 0.2) is 0 Å². The number of hydrogen-bond donors (Lipinski definition) is 3. The summed E-state index contributed by atoms with van der Waals surface area (Å²) in [4.78, 5) is 10.3. The minimum Gasteiger partial charge on any atom is -0.444 e. The molecule has 0 aromatic carbocycles. The van der Waals surface area contributed by atoms with Crippen LogP contribution < -0.4 is 11.1 Å². The van der Waals surface area contributed by atoms with Crippen molar-refractivity contribution in [2.24, 2.45) is 5.73 Å². The van der Waals surface area contributed by atoms with E-state index < -0.39 is 18.3 Å². The number of β-amino-alcohol motifs (C(OH)–C–C–N with tert-alkyl or cyclic N) is 1. The molecule has 0 bridgehead atoms. The third-order valence-electron chi connectivity index (χ3n) is 1.66. The van der Waals surface area contributed by atoms with Crippen LogP contribution in [0.3, 0.4) is 0 Å². The summed E-state index contributed by atoms with van der Waals surface area (Å²) in [5.41, 5.74) is 4.79. The Morgan fingerprint density at radius 1 is 1.73 bits per heavy atom. The molecule has 4 N–H and O–H groups in total. The van der Waals surface area contributed by atoms with Crippen LogP contribution in [0.2, 0.25) is 0 Å². The highest BCUT2D eigenvalue weighted by Gasteiger charge is 2.25. The van der Waals surface area contributed by atoms with Crippen LogP contribution in [0.5, 0.6) is 0 Å². The Morgan fingerprint density at radius 3 is 3.00 bits per heavy atom. The van der Waals surface area contributed by atoms with E-state index in [0.717, 1.165) is 6.54 Å². The maximum atomic E-state index is 10.3. The molecule has 5 nitrogen and oxygen atoms in total. The van der Waals surface area contributed by atoms with Gasteiger partial charge in [-0.1, -0.05) is 0 Å². The summed E-state index contributed by atoms with van der Waals surface area (Å²) in [6.07, 6.45) is -1.27. The molecule has 0 radical (unpaired) electrons. The number of hydrogen-bond acceptors (Lipinski definition) is 4. The van der Waals surface area contributed by atoms with Gasteiger partial charge < -0.3 is 20.9 Å². The van der Waals surface area contributed by atoms with Gasteiger partial charge in [-0.3, -0.25) is 0 Å². The fourth-order valence-electron chi connectivity index (χ4n) is 1.10. The van der Waals surface area contributed by atoms with Crippen molar-refractivity contribution in [3.63, 3.8) is 0 Å². The number of nitrogens with one attached hydrogen (secondary N) is 1. The number of rotatable bonds is 1. The van der Waals surface area contributed by atoms with Gasteiger partial charge in [0, 0.05) is 6.54 Å². The van der Waals surface area contributed by atoms with Crippen molar-refractivity contribution in [3.05, 3.63) is 0 Å². The highest BCUT2D eigenvalue weighted by molar-refractivity contribution is 5.64. The summed E-state index contributed by atoms with van der Waals surface area (Å²) in [6, 6.07) is 0. The normalized spacial score (nSPS) is 31.4. The van der Waals surface area contributed by atoms with Crippen molar-refractivity contribution < 1.29 is 14.6 Å². The minimum atomic E-state index is -0.823. The zero-order valence-corrected chi connectivity index (χ0v) is 6.12. The maximum Gasteiger partial charge on any atom is 0.404 e. The number of primary amides is 1. The second-order valence-electron chi connectivity index (χ2n) is 2.54. The second-order valence-corrected chi connectivity index (χ2v) is 2.54. The molecule has 0 unspecified atom stereocenters. The lowest BCUT2D eigenvalue weighted by Gasteiger charge is -2.27. The predicted molar refractivity (Wildman–Crippen MR) is 37.9 cm³/mol. The van der Waals surface area contributed by atoms with Gasteiger partial charge >= 0.3 is 6.09 Å². The molecule has 2 atom stereocenters. The first-order valence-electron chi connectivity index (χ1n) is 3.55. The van der Waals surface area contributed by atoms with Gasteiger partial charge in [-0.15, -0.1) is 0 Å². The quantitative estimate of drug-likeness (QED) is 0.450. The van der Waals surface area contributed by atoms with E-state index in [9.17, 15) is 9.90 Å². The van der Waals surface area contributed by atoms with Gasteiger partial charge in [0.2, 0.25) is 0 Å². The number of nitrogens with two attached hydrogens (primary N) is 1. The van der Waals surface area contributed by atoms with E-state index in [1.54, 1.807) is 0 Å². The van der Waals surface area contributed by atoms with Crippen LogP contribution in [-0.2, 0) is 4.74 Å². The Labute approximate surface area is 64.5 Å². The molecule has 1 amide bonds. The molecule has 11 heavy (non-hydrogen) atoms. The van der Waals surface area contributed by atoms with Gasteiger partial charge in [0.25, 0.3) is 0 Å². The summed E-state index contributed by atoms with van der Waals surface area (Å²) >= 11 is 0. The molecule has 1 heterocycles. The molecule has 64 valence electrons. The summed E-state index contributed by atoms with van der Waals surface area (Å²) in [6.45, 7) is 1.20. The Balaban J connectivity index is 2.35. The second kappa shape index (κ2) is 3.54. The van der Waals surface area contributed by atoms with Crippen LogP contribution in [0, 0.1) is 0 Å². The van der Waals surface area contributed by atoms with Gasteiger partial charge in [-0.25, -0.2) is 4.79 Å². The lowest BCUT2D eigenvalue weighted by molar-refractivity contribution is -0.0101. The molecular formula is C6H12N2O3. The lowest BCUT2D eigenvalue weighted by atomic mass is 10.1. The van der Waals surface area contributed by atoms with E-state index in [2.05, 4.69) is 10.1 Å². The molecule has 1 aliphatic rings. The van der Waals surface area contributed by atoms with Crippen molar-refractivity contribution in [3.8, 4) is 0 Å². The minimum absolute atomic E-state index is 0.436. The first kappa shape index (κ1) is 8.29. The van der Waals surface area contributed by atoms with Crippen molar-refractivity contribution in [2.75, 3.05) is 13.1 Å². The molecule has 1 aliphatic heterocycles. The predicted octanol–water partition coefficient (Wildman–Crippen LogP) is -1.20. The van der Waals surface area contributed by atoms with Crippen molar-refractivity contribution in [2.45, 2.75) is 18.6 Å². The maximum absolute atomic E-state index is 10.3. The van der Waals surface area contributed by atoms with E-state index in [1.165, 1.54) is 0 Å². The molecule has 0 saturated carbocycles. The molecule has 5 heteroatoms. The van der Waals surface area contributed by atoms with E-state index in [1.807, 2.05) is 0 Å². The Bertz CT molecular complexity index is 151. The average molecular weight is 160 g/mol. The van der Waals surface area contributed by atoms with E-state index in [-0.39, 0.29) is 0 Å². The standard InChI is InChI=1S/C6H12N2O3/c7-6(10)11-5-1-2-8-3-4(5)9/h4-5,8-9H,1-3H2,(H2,7,10)/t4-,5-/m1/s1. The Kier molecular flexibility index (Phi) is 2.67. The van der Waals surface area contributed by atoms with E-state index in [4.69, 9.17) is 5.73 Å². The number of piperidine rings is 1. The molecule has 1 saturated heterocycles. The smallest absolute Gasteiger partial charge is 0.404 e. The monoisotopic (exact) mass is 160 g/mol. The van der Waals surface area contributed by atoms with E-state index >= 15 is 0 Å². The molecule has 1 rings (SSSR count). The largest absolute Gasteiger partial charge is 0.444 e. The van der Waals surface area contributed by atoms with Gasteiger partial charge in [0.05, 0.1) is 0 Å². The van der Waals surface area contributed by atoms with Crippen LogP contribution in [0.1, 0.15) is 6.42 Å². The number of amides is 1. The van der Waals surface area contributed by atoms with Crippen LogP contribution in [0.4, 0.5) is 4.79 Å². The van der Waals surface area contributed by atoms with Gasteiger partial charge in [-0.2, -0.15) is 0 Å². The zero-order chi connectivity index (χ0) is 8.27. The lowest BCUT2D eigenvalue weighted by Crippen LogP contribution is -2.46. The third kappa shape index (κ3) is 2.36. The van der Waals surface area contributed by atoms with Gasteiger partial charge in [0.1, 0.15) is 12.2 Å². The molecule has 0 aromatic heterocycles. The number of aliphatic hydroxyl groups excluding tert-OH is 1. The van der Waals surface area contributed by atoms with E-state index in [0.29, 0.717) is 13.0 Å². The highest BCUT2D eigenvalue weighted by atomic mass is 16.6. The Hall–Kier alpha value is -0.810.